The molecule has 14 radical (unpaired) electrons. The molecule has 7 fully saturated rings. The van der Waals surface area contributed by atoms with Crippen molar-refractivity contribution < 1.29 is 232 Å². The summed E-state index contributed by atoms with van der Waals surface area (Å²) in [5, 5.41) is 66.7. The predicted molar refractivity (Wildman–Crippen MR) is 374 cm³/mol. The van der Waals surface area contributed by atoms with E-state index in [1.807, 2.05) is 15.1 Å². The van der Waals surface area contributed by atoms with Crippen molar-refractivity contribution in [2.75, 3.05) is 52.9 Å². The fraction of sp³-hybridized carbons (Fsp3) is 1.00. The van der Waals surface area contributed by atoms with Crippen molar-refractivity contribution in [3.05, 3.63) is 0 Å². The smallest absolute Gasteiger partial charge is 0.390 e. The van der Waals surface area contributed by atoms with Crippen LogP contribution < -0.4 is 0 Å². The van der Waals surface area contributed by atoms with Crippen LogP contribution in [-0.4, -0.2) is 366 Å². The van der Waals surface area contributed by atoms with Crippen molar-refractivity contribution in [2.45, 2.75) is 182 Å². The van der Waals surface area contributed by atoms with Gasteiger partial charge in [0.05, 0.1) is 76.3 Å². The number of alkyl halides is 1. The monoisotopic (exact) mass is 1860 g/mol. The van der Waals surface area contributed by atoms with E-state index in [0.29, 0.717) is 0 Å². The number of rotatable bonds is 27. The summed E-state index contributed by atoms with van der Waals surface area (Å²) in [7, 11) is -3.37. The van der Waals surface area contributed by atoms with Gasteiger partial charge < -0.3 is 127 Å². The summed E-state index contributed by atoms with van der Waals surface area (Å²) in [5.41, 5.74) is 0. The predicted octanol–water partition coefficient (Wildman–Crippen LogP) is -5.51. The standard InChI is InChI=1S/C7H15BO8P2.C6H12B2O8P2.C6H13BO8P2Se.3C6H12BO6P.C6H12FO6P/c1-4-6(9)5(15-7(4)8)3-14-17(2,10)16-18(11,12)13;1-3-5(9)4(15-6(3)7)2-14-17(8,10)16-18(11,12)13;1-3-5(8)4(14-6(3)7)2-13-17(12,18)15-16(9,10)11;3*1-3-5(8)4(13-6(3)7)2-12-14(9,10)11;1-3-5(7)6(8)4(13-3)2-12-14(9,10)11/h4-7,9H,3H2,1-2H3,(H2,11,12,13);3-6,9H,2H2,1H3,(H2,11,12,13);3-6,8H,2H2,1H3,(H,12,18)(H2,9,10,11);4*3-6,8H,2H2,1H3,(H2,9,10,11)/t4-,5-,6+,7-,17?;2*3-,4-,5+,6-,17?;3*3-,4-,5+,6-;3-,4+,5-,6+/m1111110/s1. The van der Waals surface area contributed by atoms with Gasteiger partial charge in [-0.2, -0.15) is 0 Å². The molecule has 0 aromatic rings. The molecule has 0 spiro atoms. The molecule has 3 unspecified atom stereocenters. The molecule has 632 valence electrons. The molecule has 0 aliphatic carbocycles. The van der Waals surface area contributed by atoms with Crippen molar-refractivity contribution in [3.8, 4) is 0 Å². The van der Waals surface area contributed by atoms with E-state index in [1.54, 1.807) is 41.5 Å². The first-order valence-electron chi connectivity index (χ1n) is 31.1. The summed E-state index contributed by atoms with van der Waals surface area (Å²) in [6, 6.07) is -3.94. The summed E-state index contributed by atoms with van der Waals surface area (Å²) in [6.45, 7) is 9.63. The van der Waals surface area contributed by atoms with Crippen molar-refractivity contribution >= 4 is 146 Å². The van der Waals surface area contributed by atoms with Gasteiger partial charge in [-0.1, -0.05) is 34.6 Å². The van der Waals surface area contributed by atoms with Gasteiger partial charge >= 0.3 is 167 Å². The number of hydrogen-bond donors (Lipinski definition) is 22. The maximum absolute atomic E-state index is 13.0. The summed E-state index contributed by atoms with van der Waals surface area (Å²) in [4.78, 5) is 128. The molecule has 0 aromatic heterocycles. The van der Waals surface area contributed by atoms with Gasteiger partial charge in [0.1, 0.15) is 82.0 Å². The van der Waals surface area contributed by atoms with E-state index in [4.69, 9.17) is 165 Å². The van der Waals surface area contributed by atoms with Gasteiger partial charge in [-0.3, -0.25) is 27.2 Å². The molecule has 7 saturated heterocycles. The summed E-state index contributed by atoms with van der Waals surface area (Å²) in [5.74, 6) is -1.83. The van der Waals surface area contributed by atoms with Crippen LogP contribution in [0.1, 0.15) is 48.5 Å². The Morgan fingerprint density at radius 2 is 0.509 bits per heavy atom. The molecule has 0 amide bonds. The Hall–Kier alpha value is 1.84. The van der Waals surface area contributed by atoms with E-state index in [0.717, 1.165) is 6.66 Å². The number of phosphoric ester groups is 4. The van der Waals surface area contributed by atoms with Crippen LogP contribution in [0.5, 0.6) is 0 Å². The van der Waals surface area contributed by atoms with Crippen molar-refractivity contribution in [3.63, 3.8) is 0 Å². The summed E-state index contributed by atoms with van der Waals surface area (Å²) < 4.78 is 187. The molecule has 7 aliphatic rings. The molecule has 110 heavy (non-hydrogen) atoms. The van der Waals surface area contributed by atoms with Crippen molar-refractivity contribution in [1.82, 2.24) is 0 Å². The first kappa shape index (κ1) is 110. The molecule has 22 N–H and O–H groups in total. The second kappa shape index (κ2) is 46.4. The summed E-state index contributed by atoms with van der Waals surface area (Å²) in [6.07, 6.45) is -18.8. The fourth-order valence-electron chi connectivity index (χ4n) is 9.30. The normalized spacial score (nSPS) is 37.7. The van der Waals surface area contributed by atoms with E-state index in [1.165, 1.54) is 6.92 Å². The van der Waals surface area contributed by atoms with Crippen LogP contribution in [-0.2, 0) is 119 Å². The maximum atomic E-state index is 13.0. The van der Waals surface area contributed by atoms with Crippen molar-refractivity contribution in [2.24, 2.45) is 35.5 Å². The topological polar surface area (TPSA) is 756 Å². The molecular formula is C43H88B7FO48P10Se. The molecule has 67 heteroatoms. The van der Waals surface area contributed by atoms with Crippen LogP contribution in [0.15, 0.2) is 0 Å². The second-order valence-corrected chi connectivity index (χ2v) is 41.9. The van der Waals surface area contributed by atoms with Crippen molar-refractivity contribution in [1.29, 1.82) is 0 Å². The Labute approximate surface area is 645 Å². The van der Waals surface area contributed by atoms with Gasteiger partial charge in [-0.25, -0.2) is 40.4 Å². The van der Waals surface area contributed by atoms with Gasteiger partial charge in [0.15, 0.2) is 6.17 Å². The maximum Gasteiger partial charge on any atom is 0.476 e. The first-order valence-corrected chi connectivity index (χ1v) is 49.3. The average Bonchev–Trinajstić information content (AvgIpc) is 1.61. The van der Waals surface area contributed by atoms with Crippen LogP contribution >= 0.6 is 76.0 Å². The Balaban J connectivity index is 0.000000644. The zero-order valence-corrected chi connectivity index (χ0v) is 69.5. The van der Waals surface area contributed by atoms with E-state index in [2.05, 4.69) is 35.6 Å². The quantitative estimate of drug-likeness (QED) is 0.0269. The number of hydrogen-bond acceptors (Lipinski definition) is 34. The van der Waals surface area contributed by atoms with Gasteiger partial charge in [0.2, 0.25) is 7.57 Å². The average molecular weight is 1860 g/mol. The van der Waals surface area contributed by atoms with Crippen LogP contribution in [0, 0.1) is 35.5 Å². The van der Waals surface area contributed by atoms with Crippen LogP contribution in [0.4, 0.5) is 4.39 Å². The minimum absolute atomic E-state index is 0.277. The number of halogens is 1. The Kier molecular flexibility index (Phi) is 46.3. The van der Waals surface area contributed by atoms with E-state index >= 15 is 0 Å². The Morgan fingerprint density at radius 1 is 0.309 bits per heavy atom. The molecular weight excluding hydrogens is 1770 g/mol. The zero-order valence-electron chi connectivity index (χ0n) is 58.9. The SMILES string of the molecule is C[C@@H]1O[C@H](COP(=O)(O)O)[C@@H](O)[C@H]1F.[B][C@@H]1O[C@H](COP(=O)(O)O)[C@@H](O)[C@H]1C.[B][C@@H]1O[C@H](COP(=O)(O)O)[C@@H](O)[C@H]1C.[B][C@@H]1O[C@H](COP(=O)(O)O)[C@@H](O)[C@H]1C.[B][C@@H]1O[C@H](COP(C)(=O)OP(=O)(O)O)[C@@H](O)[C@H]1C.[B][C@@H]1O[C@H](COP(O)(=[Se])OP(=O)(O)O)[C@@H](O)[C@H]1C.[B][C@@H]1O[C@H](COP([B])(=O)OP(=O)(O)O)[C@@H](O)[C@H]1C. The third kappa shape index (κ3) is 43.1. The fourth-order valence-corrected chi connectivity index (χ4v) is 18.2. The number of phosphoric acid groups is 7. The van der Waals surface area contributed by atoms with Crippen LogP contribution in [0.25, 0.3) is 0 Å². The van der Waals surface area contributed by atoms with Crippen LogP contribution in [0.2, 0.25) is 0 Å². The molecule has 0 bridgehead atoms. The number of ether oxygens (including phenoxy) is 7. The minimum Gasteiger partial charge on any atom is -0.390 e. The Morgan fingerprint density at radius 3 is 0.691 bits per heavy atom. The van der Waals surface area contributed by atoms with E-state index in [-0.39, 0.29) is 68.5 Å². The molecule has 0 aromatic carbocycles. The van der Waals surface area contributed by atoms with Gasteiger partial charge in [0.25, 0.3) is 7.47 Å². The summed E-state index contributed by atoms with van der Waals surface area (Å²) >= 11 is 2.03. The van der Waals surface area contributed by atoms with E-state index < -0.39 is 223 Å². The largest absolute Gasteiger partial charge is 0.476 e. The van der Waals surface area contributed by atoms with Gasteiger partial charge in [-0.15, -0.1) is 0 Å². The third-order valence-corrected chi connectivity index (χ3v) is 26.7. The zero-order chi connectivity index (χ0) is 86.1. The van der Waals surface area contributed by atoms with E-state index in [9.17, 15) is 86.1 Å². The van der Waals surface area contributed by atoms with Gasteiger partial charge in [0, 0.05) is 66.3 Å². The number of aliphatic hydroxyl groups is 7. The molecule has 0 saturated carbocycles. The number of aliphatic hydroxyl groups excluding tert-OH is 7. The second-order valence-electron chi connectivity index (χ2n) is 24.8. The molecule has 7 rings (SSSR count). The first-order chi connectivity index (χ1) is 49.3. The molecule has 48 nitrogen and oxygen atoms in total. The third-order valence-electron chi connectivity index (χ3n) is 15.8. The molecule has 7 heterocycles. The van der Waals surface area contributed by atoms with Gasteiger partial charge in [-0.05, 0) is 6.92 Å². The van der Waals surface area contributed by atoms with Crippen LogP contribution in [0.3, 0.4) is 0 Å². The molecule has 31 atom stereocenters. The molecule has 7 aliphatic heterocycles. The minimum atomic E-state index is -5.03. The Bertz CT molecular complexity index is 2920.